The molecule has 0 unspecified atom stereocenters. The monoisotopic (exact) mass is 581 g/mol. The van der Waals surface area contributed by atoms with Crippen molar-refractivity contribution in [2.75, 3.05) is 5.32 Å². The van der Waals surface area contributed by atoms with Crippen molar-refractivity contribution in [2.45, 2.75) is 63.4 Å². The van der Waals surface area contributed by atoms with E-state index in [4.69, 9.17) is 27.9 Å². The molecule has 40 heavy (non-hydrogen) atoms. The molecule has 8 atom stereocenters. The fraction of sp³-hybridized carbons (Fsp3) is 0.452. The Labute approximate surface area is 244 Å². The van der Waals surface area contributed by atoms with Gasteiger partial charge >= 0.3 is 0 Å². The Balaban J connectivity index is 1.32. The molecule has 0 radical (unpaired) electrons. The van der Waals surface area contributed by atoms with E-state index < -0.39 is 29.6 Å². The number of halogens is 2. The third kappa shape index (κ3) is 4.62. The average Bonchev–Trinajstić information content (AvgIpc) is 3.57. The van der Waals surface area contributed by atoms with E-state index in [1.54, 1.807) is 41.3 Å². The van der Waals surface area contributed by atoms with Gasteiger partial charge in [0.15, 0.2) is 0 Å². The maximum Gasteiger partial charge on any atom is 0.246 e. The predicted molar refractivity (Wildman–Crippen MR) is 154 cm³/mol. The molecule has 7 nitrogen and oxygen atoms in total. The molecule has 6 rings (SSSR count). The van der Waals surface area contributed by atoms with E-state index in [1.807, 2.05) is 24.3 Å². The number of ether oxygens (including phenoxy) is 1. The van der Waals surface area contributed by atoms with Crippen LogP contribution >= 0.6 is 23.2 Å². The number of fused-ring (bicyclic) bond motifs is 1. The van der Waals surface area contributed by atoms with Crippen LogP contribution in [0.15, 0.2) is 60.7 Å². The van der Waals surface area contributed by atoms with Gasteiger partial charge in [-0.25, -0.2) is 0 Å². The minimum atomic E-state index is -1.22. The van der Waals surface area contributed by atoms with Gasteiger partial charge in [-0.2, -0.15) is 0 Å². The second-order valence-corrected chi connectivity index (χ2v) is 12.5. The maximum absolute atomic E-state index is 14.2. The van der Waals surface area contributed by atoms with Gasteiger partial charge in [-0.1, -0.05) is 74.2 Å². The highest BCUT2D eigenvalue weighted by Gasteiger charge is 2.72. The van der Waals surface area contributed by atoms with Crippen LogP contribution in [0.1, 0.15) is 38.7 Å². The minimum Gasteiger partial charge on any atom is -0.359 e. The lowest BCUT2D eigenvalue weighted by atomic mass is 9.73. The first-order chi connectivity index (χ1) is 19.2. The Morgan fingerprint density at radius 3 is 2.38 bits per heavy atom. The van der Waals surface area contributed by atoms with Crippen LogP contribution in [0.5, 0.6) is 0 Å². The fourth-order valence-corrected chi connectivity index (χ4v) is 7.28. The lowest BCUT2D eigenvalue weighted by molar-refractivity contribution is -0.142. The van der Waals surface area contributed by atoms with Crippen molar-refractivity contribution in [3.05, 3.63) is 76.3 Å². The summed E-state index contributed by atoms with van der Waals surface area (Å²) in [5.41, 5.74) is 0.199. The van der Waals surface area contributed by atoms with E-state index in [2.05, 4.69) is 24.5 Å². The molecule has 2 aromatic rings. The molecular weight excluding hydrogens is 549 g/mol. The number of nitrogens with one attached hydrogen (secondary N) is 2. The summed E-state index contributed by atoms with van der Waals surface area (Å²) in [6.07, 6.45) is 6.16. The Bertz CT molecular complexity index is 1350. The predicted octanol–water partition coefficient (Wildman–Crippen LogP) is 5.22. The van der Waals surface area contributed by atoms with Gasteiger partial charge in [-0.05, 0) is 60.2 Å². The van der Waals surface area contributed by atoms with Crippen LogP contribution in [-0.4, -0.2) is 46.4 Å². The van der Waals surface area contributed by atoms with Crippen LogP contribution in [-0.2, 0) is 25.7 Å². The summed E-state index contributed by atoms with van der Waals surface area (Å²) in [5, 5.41) is 7.35. The molecule has 1 saturated carbocycles. The van der Waals surface area contributed by atoms with E-state index >= 15 is 0 Å². The number of hydrogen-bond donors (Lipinski definition) is 2. The fourth-order valence-electron chi connectivity index (χ4n) is 7.03. The number of benzene rings is 2. The van der Waals surface area contributed by atoms with Gasteiger partial charge in [0.25, 0.3) is 0 Å². The van der Waals surface area contributed by atoms with Crippen molar-refractivity contribution in [1.82, 2.24) is 10.2 Å². The van der Waals surface area contributed by atoms with Crippen molar-refractivity contribution in [1.29, 1.82) is 0 Å². The molecule has 3 fully saturated rings. The molecule has 2 N–H and O–H groups in total. The zero-order chi connectivity index (χ0) is 28.2. The highest BCUT2D eigenvalue weighted by atomic mass is 35.5. The van der Waals surface area contributed by atoms with E-state index in [0.29, 0.717) is 27.6 Å². The van der Waals surface area contributed by atoms with Crippen LogP contribution < -0.4 is 10.6 Å². The van der Waals surface area contributed by atoms with E-state index in [0.717, 1.165) is 24.8 Å². The van der Waals surface area contributed by atoms with Gasteiger partial charge in [0.2, 0.25) is 17.7 Å². The largest absolute Gasteiger partial charge is 0.359 e. The van der Waals surface area contributed by atoms with Gasteiger partial charge in [0.05, 0.1) is 17.9 Å². The summed E-state index contributed by atoms with van der Waals surface area (Å²) in [4.78, 5) is 43.5. The molecule has 9 heteroatoms. The number of rotatable bonds is 6. The van der Waals surface area contributed by atoms with E-state index in [-0.39, 0.29) is 30.3 Å². The Morgan fingerprint density at radius 1 is 1.00 bits per heavy atom. The number of amides is 3. The standard InChI is InChI=1S/C31H33Cl2N3O4/c1-17-4-3-5-23(18(17)2)35-29(38)27-31-15-14-24(40-31)25(28(37)34-22-12-10-21(33)11-13-22)26(31)30(39)36(27)16-19-6-8-20(32)9-7-19/h6-15,17-18,23-27H,3-5,16H2,1-2H3,(H,34,37)(H,35,38)/t17-,18-,23+,24-,25+,26-,27+,31+/m1/s1. The van der Waals surface area contributed by atoms with Crippen LogP contribution in [0, 0.1) is 23.7 Å². The average molecular weight is 583 g/mol. The highest BCUT2D eigenvalue weighted by molar-refractivity contribution is 6.30. The topological polar surface area (TPSA) is 87.7 Å². The number of carbonyl (C=O) groups excluding carboxylic acids is 3. The third-order valence-corrected chi connectivity index (χ3v) is 9.84. The van der Waals surface area contributed by atoms with E-state index in [9.17, 15) is 14.4 Å². The third-order valence-electron chi connectivity index (χ3n) is 9.34. The summed E-state index contributed by atoms with van der Waals surface area (Å²) in [6.45, 7) is 4.60. The first-order valence-electron chi connectivity index (χ1n) is 14.0. The van der Waals surface area contributed by atoms with Gasteiger partial charge in [-0.15, -0.1) is 0 Å². The molecule has 2 bridgehead atoms. The molecule has 2 aromatic carbocycles. The Kier molecular flexibility index (Phi) is 7.18. The van der Waals surface area contributed by atoms with Gasteiger partial charge in [0, 0.05) is 28.3 Å². The second-order valence-electron chi connectivity index (χ2n) is 11.7. The number of likely N-dealkylation sites (tertiary alicyclic amines) is 1. The first kappa shape index (κ1) is 27.3. The zero-order valence-electron chi connectivity index (χ0n) is 22.5. The van der Waals surface area contributed by atoms with Gasteiger partial charge in [0.1, 0.15) is 11.6 Å². The molecule has 1 spiro atoms. The summed E-state index contributed by atoms with van der Waals surface area (Å²) >= 11 is 12.1. The Hall–Kier alpha value is -2.87. The van der Waals surface area contributed by atoms with Crippen molar-refractivity contribution in [3.63, 3.8) is 0 Å². The van der Waals surface area contributed by atoms with E-state index in [1.165, 1.54) is 0 Å². The van der Waals surface area contributed by atoms with Crippen LogP contribution in [0.4, 0.5) is 5.69 Å². The molecule has 210 valence electrons. The van der Waals surface area contributed by atoms with Gasteiger partial charge < -0.3 is 20.3 Å². The number of anilines is 1. The van der Waals surface area contributed by atoms with Gasteiger partial charge in [-0.3, -0.25) is 14.4 Å². The van der Waals surface area contributed by atoms with Crippen molar-refractivity contribution >= 4 is 46.6 Å². The minimum absolute atomic E-state index is 0.0192. The Morgan fingerprint density at radius 2 is 1.68 bits per heavy atom. The lowest BCUT2D eigenvalue weighted by Crippen LogP contribution is -2.57. The van der Waals surface area contributed by atoms with Crippen molar-refractivity contribution in [2.24, 2.45) is 23.7 Å². The lowest BCUT2D eigenvalue weighted by Gasteiger charge is -2.38. The summed E-state index contributed by atoms with van der Waals surface area (Å²) in [6, 6.07) is 13.2. The normalized spacial score (nSPS) is 34.1. The quantitative estimate of drug-likeness (QED) is 0.457. The highest BCUT2D eigenvalue weighted by Crippen LogP contribution is 2.55. The smallest absolute Gasteiger partial charge is 0.246 e. The molecule has 2 saturated heterocycles. The van der Waals surface area contributed by atoms with Crippen LogP contribution in [0.2, 0.25) is 10.0 Å². The molecule has 3 aliphatic heterocycles. The van der Waals surface area contributed by atoms with Crippen molar-refractivity contribution < 1.29 is 19.1 Å². The maximum atomic E-state index is 14.2. The molecular formula is C31H33Cl2N3O4. The number of carbonyl (C=O) groups is 3. The van der Waals surface area contributed by atoms with Crippen LogP contribution in [0.3, 0.4) is 0 Å². The summed E-state index contributed by atoms with van der Waals surface area (Å²) < 4.78 is 6.47. The first-order valence-corrected chi connectivity index (χ1v) is 14.7. The molecule has 3 amide bonds. The number of hydrogen-bond acceptors (Lipinski definition) is 4. The summed E-state index contributed by atoms with van der Waals surface area (Å²) in [5.74, 6) is -1.59. The zero-order valence-corrected chi connectivity index (χ0v) is 24.0. The molecule has 1 aliphatic carbocycles. The SMILES string of the molecule is C[C@@H]1[C@H](C)CCC[C@@H]1NC(=O)[C@@H]1N(Cc2ccc(Cl)cc2)C(=O)[C@H]2[C@@H](C(=O)Nc3ccc(Cl)cc3)[C@H]3C=C[C@@]12O3. The van der Waals surface area contributed by atoms with Crippen molar-refractivity contribution in [3.8, 4) is 0 Å². The molecule has 4 aliphatic rings. The molecule has 3 heterocycles. The summed E-state index contributed by atoms with van der Waals surface area (Å²) in [7, 11) is 0. The number of nitrogens with zero attached hydrogens (tertiary/aromatic N) is 1. The molecule has 0 aromatic heterocycles. The van der Waals surface area contributed by atoms with Crippen LogP contribution in [0.25, 0.3) is 0 Å². The second kappa shape index (κ2) is 10.5.